The van der Waals surface area contributed by atoms with Crippen LogP contribution in [0, 0.1) is 13.8 Å². The lowest BCUT2D eigenvalue weighted by atomic mass is 10.0. The fourth-order valence-electron chi connectivity index (χ4n) is 3.22. The Hall–Kier alpha value is -1.35. The molecule has 1 fully saturated rings. The van der Waals surface area contributed by atoms with Crippen molar-refractivity contribution in [3.05, 3.63) is 29.1 Å². The predicted octanol–water partition coefficient (Wildman–Crippen LogP) is 3.70. The summed E-state index contributed by atoms with van der Waals surface area (Å²) in [5, 5.41) is 3.46. The Morgan fingerprint density at radius 3 is 2.45 bits per heavy atom. The quantitative estimate of drug-likeness (QED) is 0.902. The van der Waals surface area contributed by atoms with Crippen LogP contribution in [0.4, 0.5) is 0 Å². The maximum absolute atomic E-state index is 4.93. The molecule has 0 unspecified atom stereocenters. The van der Waals surface area contributed by atoms with Gasteiger partial charge in [-0.1, -0.05) is 13.8 Å². The highest BCUT2D eigenvalue weighted by Gasteiger charge is 2.22. The van der Waals surface area contributed by atoms with E-state index >= 15 is 0 Å². The molecule has 0 spiro atoms. The first-order valence-corrected chi connectivity index (χ1v) is 7.77. The number of fused-ring (bicyclic) bond motifs is 1. The van der Waals surface area contributed by atoms with Crippen molar-refractivity contribution in [2.24, 2.45) is 0 Å². The highest BCUT2D eigenvalue weighted by Crippen LogP contribution is 2.31. The minimum Gasteiger partial charge on any atom is -0.325 e. The van der Waals surface area contributed by atoms with Crippen LogP contribution >= 0.6 is 0 Å². The lowest BCUT2D eigenvalue weighted by molar-refractivity contribution is 0.364. The van der Waals surface area contributed by atoms with E-state index in [-0.39, 0.29) is 0 Å². The Kier molecular flexibility index (Phi) is 3.55. The highest BCUT2D eigenvalue weighted by molar-refractivity contribution is 5.78. The Labute approximate surface area is 121 Å². The summed E-state index contributed by atoms with van der Waals surface area (Å²) in [6.07, 6.45) is 2.41. The molecular formula is C17H25N3. The molecule has 1 aliphatic rings. The van der Waals surface area contributed by atoms with Crippen molar-refractivity contribution in [2.75, 3.05) is 13.1 Å². The van der Waals surface area contributed by atoms with Crippen LogP contribution in [0.3, 0.4) is 0 Å². The average Bonchev–Trinajstić information content (AvgIpc) is 2.79. The van der Waals surface area contributed by atoms with Crippen LogP contribution in [-0.2, 0) is 0 Å². The van der Waals surface area contributed by atoms with E-state index in [1.54, 1.807) is 0 Å². The van der Waals surface area contributed by atoms with Crippen LogP contribution < -0.4 is 5.32 Å². The fourth-order valence-corrected chi connectivity index (χ4v) is 3.22. The van der Waals surface area contributed by atoms with Crippen molar-refractivity contribution in [1.82, 2.24) is 14.9 Å². The Morgan fingerprint density at radius 1 is 1.15 bits per heavy atom. The molecule has 1 aromatic carbocycles. The van der Waals surface area contributed by atoms with E-state index in [0.29, 0.717) is 12.0 Å². The van der Waals surface area contributed by atoms with Gasteiger partial charge in [-0.3, -0.25) is 0 Å². The molecule has 0 radical (unpaired) electrons. The maximum Gasteiger partial charge on any atom is 0.112 e. The van der Waals surface area contributed by atoms with E-state index in [1.807, 2.05) is 0 Å². The van der Waals surface area contributed by atoms with Crippen molar-refractivity contribution in [2.45, 2.75) is 52.5 Å². The van der Waals surface area contributed by atoms with Crippen LogP contribution in [0.15, 0.2) is 12.1 Å². The molecule has 2 heterocycles. The van der Waals surface area contributed by atoms with E-state index in [2.05, 4.69) is 49.7 Å². The van der Waals surface area contributed by atoms with Crippen molar-refractivity contribution in [1.29, 1.82) is 0 Å². The molecule has 0 amide bonds. The third-order valence-corrected chi connectivity index (χ3v) is 4.52. The summed E-state index contributed by atoms with van der Waals surface area (Å²) in [4.78, 5) is 4.93. The van der Waals surface area contributed by atoms with Gasteiger partial charge in [0.25, 0.3) is 0 Å². The lowest BCUT2D eigenvalue weighted by Crippen LogP contribution is -2.30. The molecule has 1 N–H and O–H groups in total. The summed E-state index contributed by atoms with van der Waals surface area (Å²) in [6, 6.07) is 5.17. The summed E-state index contributed by atoms with van der Waals surface area (Å²) in [5.74, 6) is 1.72. The third kappa shape index (κ3) is 2.24. The second kappa shape index (κ2) is 5.21. The Balaban J connectivity index is 2.20. The number of piperidine rings is 1. The van der Waals surface area contributed by atoms with Gasteiger partial charge in [0.15, 0.2) is 0 Å². The number of imidazole rings is 1. The zero-order valence-corrected chi connectivity index (χ0v) is 13.0. The monoisotopic (exact) mass is 271 g/mol. The second-order valence-corrected chi connectivity index (χ2v) is 6.40. The van der Waals surface area contributed by atoms with Crippen LogP contribution in [0.1, 0.15) is 55.6 Å². The Morgan fingerprint density at radius 2 is 1.80 bits per heavy atom. The summed E-state index contributed by atoms with van der Waals surface area (Å²) in [7, 11) is 0. The number of benzene rings is 1. The molecule has 108 valence electrons. The zero-order valence-electron chi connectivity index (χ0n) is 13.0. The van der Waals surface area contributed by atoms with Gasteiger partial charge in [0.1, 0.15) is 5.82 Å². The van der Waals surface area contributed by atoms with E-state index in [1.165, 1.54) is 35.3 Å². The van der Waals surface area contributed by atoms with Gasteiger partial charge in [-0.15, -0.1) is 0 Å². The normalized spacial score (nSPS) is 17.2. The van der Waals surface area contributed by atoms with E-state index in [9.17, 15) is 0 Å². The molecule has 0 saturated carbocycles. The van der Waals surface area contributed by atoms with Gasteiger partial charge >= 0.3 is 0 Å². The summed E-state index contributed by atoms with van der Waals surface area (Å²) >= 11 is 0. The van der Waals surface area contributed by atoms with Gasteiger partial charge in [0, 0.05) is 12.0 Å². The first kappa shape index (κ1) is 13.6. The molecule has 0 bridgehead atoms. The topological polar surface area (TPSA) is 29.9 Å². The minimum absolute atomic E-state index is 0.470. The summed E-state index contributed by atoms with van der Waals surface area (Å²) in [6.45, 7) is 11.1. The second-order valence-electron chi connectivity index (χ2n) is 6.40. The molecule has 1 aliphatic heterocycles. The van der Waals surface area contributed by atoms with Gasteiger partial charge in [-0.05, 0) is 63.0 Å². The molecule has 1 saturated heterocycles. The first-order chi connectivity index (χ1) is 9.58. The zero-order chi connectivity index (χ0) is 14.3. The highest BCUT2D eigenvalue weighted by atomic mass is 15.1. The van der Waals surface area contributed by atoms with Crippen LogP contribution in [0.5, 0.6) is 0 Å². The van der Waals surface area contributed by atoms with E-state index in [0.717, 1.165) is 18.6 Å². The largest absolute Gasteiger partial charge is 0.325 e. The molecule has 3 nitrogen and oxygen atoms in total. The van der Waals surface area contributed by atoms with E-state index < -0.39 is 0 Å². The molecule has 0 atom stereocenters. The predicted molar refractivity (Wildman–Crippen MR) is 84.4 cm³/mol. The van der Waals surface area contributed by atoms with Crippen LogP contribution in [0.2, 0.25) is 0 Å². The average molecular weight is 271 g/mol. The first-order valence-electron chi connectivity index (χ1n) is 7.77. The number of aromatic nitrogens is 2. The molecule has 0 aliphatic carbocycles. The van der Waals surface area contributed by atoms with Gasteiger partial charge in [0.2, 0.25) is 0 Å². The number of nitrogens with zero attached hydrogens (tertiary/aromatic N) is 2. The SMILES string of the molecule is Cc1cc2nc(C(C)C)n(C3CCNCC3)c2cc1C. The Bertz CT molecular complexity index is 619. The summed E-state index contributed by atoms with van der Waals surface area (Å²) < 4.78 is 2.52. The number of aryl methyl sites for hydroxylation is 2. The maximum atomic E-state index is 4.93. The molecule has 2 aromatic rings. The smallest absolute Gasteiger partial charge is 0.112 e. The molecule has 20 heavy (non-hydrogen) atoms. The van der Waals surface area contributed by atoms with Crippen molar-refractivity contribution in [3.63, 3.8) is 0 Å². The number of rotatable bonds is 2. The standard InChI is InChI=1S/C17H25N3/c1-11(2)17-19-15-9-12(3)13(4)10-16(15)20(17)14-5-7-18-8-6-14/h9-11,14,18H,5-8H2,1-4H3. The molecule has 3 heteroatoms. The van der Waals surface area contributed by atoms with Gasteiger partial charge in [-0.25, -0.2) is 4.98 Å². The molecular weight excluding hydrogens is 246 g/mol. The van der Waals surface area contributed by atoms with Gasteiger partial charge in [0.05, 0.1) is 11.0 Å². The van der Waals surface area contributed by atoms with Crippen molar-refractivity contribution < 1.29 is 0 Å². The van der Waals surface area contributed by atoms with Crippen molar-refractivity contribution >= 4 is 11.0 Å². The third-order valence-electron chi connectivity index (χ3n) is 4.52. The fraction of sp³-hybridized carbons (Fsp3) is 0.588. The van der Waals surface area contributed by atoms with E-state index in [4.69, 9.17) is 4.98 Å². The molecule has 3 rings (SSSR count). The van der Waals surface area contributed by atoms with Crippen molar-refractivity contribution in [3.8, 4) is 0 Å². The number of nitrogens with one attached hydrogen (secondary N) is 1. The number of hydrogen-bond donors (Lipinski definition) is 1. The van der Waals surface area contributed by atoms with Crippen LogP contribution in [0.25, 0.3) is 11.0 Å². The lowest BCUT2D eigenvalue weighted by Gasteiger charge is -2.27. The van der Waals surface area contributed by atoms with Crippen LogP contribution in [-0.4, -0.2) is 22.6 Å². The summed E-state index contributed by atoms with van der Waals surface area (Å²) in [5.41, 5.74) is 5.18. The molecule has 1 aromatic heterocycles. The minimum atomic E-state index is 0.470. The van der Waals surface area contributed by atoms with Gasteiger partial charge < -0.3 is 9.88 Å². The number of hydrogen-bond acceptors (Lipinski definition) is 2. The van der Waals surface area contributed by atoms with Gasteiger partial charge in [-0.2, -0.15) is 0 Å².